The summed E-state index contributed by atoms with van der Waals surface area (Å²) in [4.78, 5) is 22.3. The number of aromatic carboxylic acids is 1. The number of hydrogen-bond donors (Lipinski definition) is 1. The van der Waals surface area contributed by atoms with Crippen molar-refractivity contribution in [3.05, 3.63) is 40.9 Å². The molecule has 1 aromatic heterocycles. The fraction of sp³-hybridized carbons (Fsp3) is 0.154. The van der Waals surface area contributed by atoms with Gasteiger partial charge in [-0.05, 0) is 24.6 Å². The van der Waals surface area contributed by atoms with Crippen molar-refractivity contribution in [1.29, 1.82) is 0 Å². The van der Waals surface area contributed by atoms with E-state index in [-0.39, 0.29) is 16.8 Å². The van der Waals surface area contributed by atoms with Gasteiger partial charge < -0.3 is 14.4 Å². The Labute approximate surface area is 112 Å². The zero-order chi connectivity index (χ0) is 14.9. The van der Waals surface area contributed by atoms with E-state index >= 15 is 0 Å². The summed E-state index contributed by atoms with van der Waals surface area (Å²) in [5.74, 6) is -2.99. The molecule has 0 unspecified atom stereocenters. The normalized spacial score (nSPS) is 10.3. The number of hydrogen-bond acceptors (Lipinski definition) is 5. The van der Waals surface area contributed by atoms with Gasteiger partial charge in [-0.2, -0.15) is 0 Å². The Hall–Kier alpha value is -2.70. The summed E-state index contributed by atoms with van der Waals surface area (Å²) in [7, 11) is 1.21. The molecule has 1 aromatic carbocycles. The highest BCUT2D eigenvalue weighted by atomic mass is 19.1. The Balaban J connectivity index is 2.55. The maximum Gasteiger partial charge on any atom is 0.374 e. The third-order valence-electron chi connectivity index (χ3n) is 2.72. The molecule has 0 saturated carbocycles. The van der Waals surface area contributed by atoms with Gasteiger partial charge in [-0.3, -0.25) is 0 Å². The average molecular weight is 279 g/mol. The third kappa shape index (κ3) is 2.37. The maximum absolute atomic E-state index is 13.9. The van der Waals surface area contributed by atoms with Gasteiger partial charge in [-0.15, -0.1) is 0 Å². The molecule has 104 valence electrons. The molecule has 1 N–H and O–H groups in total. The van der Waals surface area contributed by atoms with Crippen molar-refractivity contribution in [1.82, 2.24) is 5.16 Å². The molecule has 0 atom stereocenters. The second-order valence-corrected chi connectivity index (χ2v) is 4.02. The Morgan fingerprint density at radius 3 is 2.60 bits per heavy atom. The van der Waals surface area contributed by atoms with Crippen LogP contribution in [0.5, 0.6) is 0 Å². The number of nitrogens with zero attached hydrogens (tertiary/aromatic N) is 1. The van der Waals surface area contributed by atoms with Crippen LogP contribution in [0.1, 0.15) is 26.5 Å². The summed E-state index contributed by atoms with van der Waals surface area (Å²) >= 11 is 0. The van der Waals surface area contributed by atoms with Crippen LogP contribution in [0, 0.1) is 12.7 Å². The number of aromatic nitrogens is 1. The van der Waals surface area contributed by atoms with Gasteiger partial charge >= 0.3 is 11.9 Å². The molecule has 0 aliphatic rings. The van der Waals surface area contributed by atoms with Gasteiger partial charge in [-0.25, -0.2) is 14.0 Å². The molecule has 0 aliphatic carbocycles. The highest BCUT2D eigenvalue weighted by Gasteiger charge is 2.19. The van der Waals surface area contributed by atoms with Crippen molar-refractivity contribution in [3.8, 4) is 11.3 Å². The molecular formula is C13H10FNO5. The molecule has 0 saturated heterocycles. The van der Waals surface area contributed by atoms with Crippen LogP contribution in [-0.4, -0.2) is 29.3 Å². The Morgan fingerprint density at radius 1 is 1.35 bits per heavy atom. The zero-order valence-electron chi connectivity index (χ0n) is 10.6. The Kier molecular flexibility index (Phi) is 3.51. The lowest BCUT2D eigenvalue weighted by Crippen LogP contribution is -2.05. The SMILES string of the molecule is COC(=O)c1cc(-c2cc(C(=O)O)on2)c(F)cc1C. The minimum atomic E-state index is -1.32. The van der Waals surface area contributed by atoms with E-state index in [4.69, 9.17) is 5.11 Å². The molecule has 0 bridgehead atoms. The number of halogens is 1. The molecule has 0 amide bonds. The van der Waals surface area contributed by atoms with Crippen molar-refractivity contribution in [2.24, 2.45) is 0 Å². The van der Waals surface area contributed by atoms with Crippen molar-refractivity contribution < 1.29 is 28.3 Å². The standard InChI is InChI=1S/C13H10FNO5/c1-6-3-9(14)8(4-7(6)13(18)19-2)10-5-11(12(16)17)20-15-10/h3-5H,1-2H3,(H,16,17). The first-order valence-corrected chi connectivity index (χ1v) is 5.53. The maximum atomic E-state index is 13.9. The van der Waals surface area contributed by atoms with E-state index in [1.165, 1.54) is 13.2 Å². The highest BCUT2D eigenvalue weighted by Crippen LogP contribution is 2.26. The number of carboxylic acid groups (broad SMARTS) is 1. The van der Waals surface area contributed by atoms with Crippen LogP contribution in [0.2, 0.25) is 0 Å². The lowest BCUT2D eigenvalue weighted by atomic mass is 10.0. The number of carbonyl (C=O) groups excluding carboxylic acids is 1. The minimum Gasteiger partial charge on any atom is -0.475 e. The monoisotopic (exact) mass is 279 g/mol. The van der Waals surface area contributed by atoms with Gasteiger partial charge in [0.2, 0.25) is 5.76 Å². The number of rotatable bonds is 3. The predicted octanol–water partition coefficient (Wildman–Crippen LogP) is 2.27. The summed E-state index contributed by atoms with van der Waals surface area (Å²) < 4.78 is 23.1. The molecule has 6 nitrogen and oxygen atoms in total. The van der Waals surface area contributed by atoms with Crippen molar-refractivity contribution in [2.45, 2.75) is 6.92 Å². The number of ether oxygens (including phenoxy) is 1. The van der Waals surface area contributed by atoms with Crippen LogP contribution < -0.4 is 0 Å². The number of carboxylic acids is 1. The van der Waals surface area contributed by atoms with Gasteiger partial charge in [0.1, 0.15) is 11.5 Å². The van der Waals surface area contributed by atoms with E-state index in [9.17, 15) is 14.0 Å². The molecule has 0 spiro atoms. The van der Waals surface area contributed by atoms with Crippen LogP contribution in [0.15, 0.2) is 22.7 Å². The van der Waals surface area contributed by atoms with Crippen LogP contribution in [0.25, 0.3) is 11.3 Å². The number of carbonyl (C=O) groups is 2. The zero-order valence-corrected chi connectivity index (χ0v) is 10.6. The van der Waals surface area contributed by atoms with Gasteiger partial charge in [0.05, 0.1) is 12.7 Å². The molecule has 2 rings (SSSR count). The first kappa shape index (κ1) is 13.7. The van der Waals surface area contributed by atoms with E-state index < -0.39 is 23.5 Å². The quantitative estimate of drug-likeness (QED) is 0.867. The fourth-order valence-corrected chi connectivity index (χ4v) is 1.70. The van der Waals surface area contributed by atoms with Crippen LogP contribution in [0.4, 0.5) is 4.39 Å². The fourth-order valence-electron chi connectivity index (χ4n) is 1.70. The largest absolute Gasteiger partial charge is 0.475 e. The average Bonchev–Trinajstić information content (AvgIpc) is 2.87. The molecule has 1 heterocycles. The molecule has 20 heavy (non-hydrogen) atoms. The second kappa shape index (κ2) is 5.12. The lowest BCUT2D eigenvalue weighted by molar-refractivity contribution is 0.0598. The molecule has 0 radical (unpaired) electrons. The van der Waals surface area contributed by atoms with Crippen molar-refractivity contribution >= 4 is 11.9 Å². The molecule has 7 heteroatoms. The lowest BCUT2D eigenvalue weighted by Gasteiger charge is -2.06. The first-order chi connectivity index (χ1) is 9.43. The second-order valence-electron chi connectivity index (χ2n) is 4.02. The van der Waals surface area contributed by atoms with Gasteiger partial charge in [0.15, 0.2) is 0 Å². The van der Waals surface area contributed by atoms with Crippen LogP contribution >= 0.6 is 0 Å². The molecule has 0 aliphatic heterocycles. The van der Waals surface area contributed by atoms with Crippen LogP contribution in [0.3, 0.4) is 0 Å². The first-order valence-electron chi connectivity index (χ1n) is 5.53. The van der Waals surface area contributed by atoms with E-state index in [1.54, 1.807) is 6.92 Å². The summed E-state index contributed by atoms with van der Waals surface area (Å²) in [5, 5.41) is 12.2. The molecule has 0 fully saturated rings. The summed E-state index contributed by atoms with van der Waals surface area (Å²) in [6.07, 6.45) is 0. The number of esters is 1. The van der Waals surface area contributed by atoms with Crippen LogP contribution in [-0.2, 0) is 4.74 Å². The van der Waals surface area contributed by atoms with Crippen molar-refractivity contribution in [2.75, 3.05) is 7.11 Å². The molecular weight excluding hydrogens is 269 g/mol. The highest BCUT2D eigenvalue weighted by molar-refractivity contribution is 5.93. The smallest absolute Gasteiger partial charge is 0.374 e. The topological polar surface area (TPSA) is 89.6 Å². The predicted molar refractivity (Wildman–Crippen MR) is 64.9 cm³/mol. The van der Waals surface area contributed by atoms with E-state index in [2.05, 4.69) is 14.4 Å². The number of benzene rings is 1. The van der Waals surface area contributed by atoms with Gasteiger partial charge in [0.25, 0.3) is 0 Å². The van der Waals surface area contributed by atoms with Gasteiger partial charge in [-0.1, -0.05) is 5.16 Å². The van der Waals surface area contributed by atoms with E-state index in [0.717, 1.165) is 12.1 Å². The number of methoxy groups -OCH3 is 1. The molecule has 2 aromatic rings. The van der Waals surface area contributed by atoms with E-state index in [0.29, 0.717) is 5.56 Å². The summed E-state index contributed by atoms with van der Waals surface area (Å²) in [5.41, 5.74) is 0.529. The summed E-state index contributed by atoms with van der Waals surface area (Å²) in [6, 6.07) is 3.48. The summed E-state index contributed by atoms with van der Waals surface area (Å²) in [6.45, 7) is 1.56. The Bertz CT molecular complexity index is 692. The van der Waals surface area contributed by atoms with Crippen molar-refractivity contribution in [3.63, 3.8) is 0 Å². The Morgan fingerprint density at radius 2 is 2.05 bits per heavy atom. The number of aryl methyl sites for hydroxylation is 1. The minimum absolute atomic E-state index is 0.00921. The van der Waals surface area contributed by atoms with Gasteiger partial charge in [0, 0.05) is 11.6 Å². The van der Waals surface area contributed by atoms with E-state index in [1.807, 2.05) is 0 Å². The third-order valence-corrected chi connectivity index (χ3v) is 2.72.